The highest BCUT2D eigenvalue weighted by molar-refractivity contribution is 5.94. The van der Waals surface area contributed by atoms with Crippen LogP contribution in [0.1, 0.15) is 49.4 Å². The molecule has 5 heteroatoms. The maximum Gasteiger partial charge on any atom is 0.303 e. The lowest BCUT2D eigenvalue weighted by molar-refractivity contribution is -0.137. The fourth-order valence-electron chi connectivity index (χ4n) is 2.27. The van der Waals surface area contributed by atoms with E-state index < -0.39 is 5.97 Å². The van der Waals surface area contributed by atoms with Gasteiger partial charge in [0.1, 0.15) is 5.75 Å². The van der Waals surface area contributed by atoms with Gasteiger partial charge in [0.2, 0.25) is 0 Å². The van der Waals surface area contributed by atoms with Crippen molar-refractivity contribution in [3.05, 3.63) is 29.8 Å². The lowest BCUT2D eigenvalue weighted by Gasteiger charge is -2.15. The van der Waals surface area contributed by atoms with Gasteiger partial charge in [-0.3, -0.25) is 9.59 Å². The van der Waals surface area contributed by atoms with Gasteiger partial charge in [0.05, 0.1) is 0 Å². The van der Waals surface area contributed by atoms with E-state index in [9.17, 15) is 14.7 Å². The number of carboxylic acids is 1. The number of carbonyl (C=O) groups excluding carboxylic acids is 1. The second kappa shape index (κ2) is 9.00. The molecular formula is C16H23NO4. The predicted octanol–water partition coefficient (Wildman–Crippen LogP) is 2.79. The first kappa shape index (κ1) is 17.0. The number of carboxylic acid groups (broad SMARTS) is 1. The number of benzene rings is 1. The summed E-state index contributed by atoms with van der Waals surface area (Å²) in [7, 11) is 0. The van der Waals surface area contributed by atoms with Crippen LogP contribution >= 0.6 is 0 Å². The van der Waals surface area contributed by atoms with Crippen LogP contribution in [-0.2, 0) is 4.79 Å². The zero-order valence-corrected chi connectivity index (χ0v) is 12.3. The predicted molar refractivity (Wildman–Crippen MR) is 80.3 cm³/mol. The number of carbonyl (C=O) groups is 2. The summed E-state index contributed by atoms with van der Waals surface area (Å²) >= 11 is 0. The van der Waals surface area contributed by atoms with Crippen LogP contribution in [0.5, 0.6) is 5.75 Å². The third kappa shape index (κ3) is 6.79. The summed E-state index contributed by atoms with van der Waals surface area (Å²) in [5, 5.41) is 20.7. The number of aromatic hydroxyl groups is 1. The Morgan fingerprint density at radius 3 is 2.38 bits per heavy atom. The van der Waals surface area contributed by atoms with Crippen LogP contribution in [0.15, 0.2) is 24.3 Å². The number of phenolic OH excluding ortho intramolecular Hbond substituents is 1. The molecule has 21 heavy (non-hydrogen) atoms. The van der Waals surface area contributed by atoms with Crippen LogP contribution in [-0.4, -0.2) is 28.6 Å². The molecule has 0 heterocycles. The van der Waals surface area contributed by atoms with Crippen molar-refractivity contribution >= 4 is 11.9 Å². The smallest absolute Gasteiger partial charge is 0.303 e. The third-order valence-corrected chi connectivity index (χ3v) is 3.43. The SMILES string of the molecule is CCCC(CCNC(=O)c1ccc(O)cc1)CCC(=O)O. The maximum atomic E-state index is 11.9. The molecule has 0 aliphatic heterocycles. The molecule has 0 spiro atoms. The highest BCUT2D eigenvalue weighted by atomic mass is 16.4. The molecule has 116 valence electrons. The van der Waals surface area contributed by atoms with Crippen LogP contribution in [0.3, 0.4) is 0 Å². The highest BCUT2D eigenvalue weighted by Crippen LogP contribution is 2.17. The number of nitrogens with one attached hydrogen (secondary N) is 1. The Morgan fingerprint density at radius 1 is 1.14 bits per heavy atom. The minimum absolute atomic E-state index is 0.128. The van der Waals surface area contributed by atoms with E-state index in [0.29, 0.717) is 24.4 Å². The van der Waals surface area contributed by atoms with Gasteiger partial charge in [0.15, 0.2) is 0 Å². The number of rotatable bonds is 9. The lowest BCUT2D eigenvalue weighted by Crippen LogP contribution is -2.26. The van der Waals surface area contributed by atoms with Gasteiger partial charge in [-0.05, 0) is 43.0 Å². The van der Waals surface area contributed by atoms with E-state index >= 15 is 0 Å². The average molecular weight is 293 g/mol. The fraction of sp³-hybridized carbons (Fsp3) is 0.500. The van der Waals surface area contributed by atoms with Crippen molar-refractivity contribution in [2.75, 3.05) is 6.54 Å². The zero-order valence-electron chi connectivity index (χ0n) is 12.3. The molecule has 5 nitrogen and oxygen atoms in total. The molecule has 0 fully saturated rings. The average Bonchev–Trinajstić information content (AvgIpc) is 2.45. The van der Waals surface area contributed by atoms with E-state index in [1.807, 2.05) is 0 Å². The number of aliphatic carboxylic acids is 1. The van der Waals surface area contributed by atoms with Crippen molar-refractivity contribution in [1.29, 1.82) is 0 Å². The second-order valence-corrected chi connectivity index (χ2v) is 5.18. The molecule has 1 unspecified atom stereocenters. The molecule has 1 rings (SSSR count). The molecule has 0 aliphatic carbocycles. The van der Waals surface area contributed by atoms with E-state index in [2.05, 4.69) is 12.2 Å². The van der Waals surface area contributed by atoms with E-state index in [1.165, 1.54) is 12.1 Å². The van der Waals surface area contributed by atoms with E-state index in [-0.39, 0.29) is 18.1 Å². The third-order valence-electron chi connectivity index (χ3n) is 3.43. The van der Waals surface area contributed by atoms with Gasteiger partial charge in [-0.2, -0.15) is 0 Å². The molecule has 0 saturated carbocycles. The first-order chi connectivity index (χ1) is 10.0. The monoisotopic (exact) mass is 293 g/mol. The summed E-state index contributed by atoms with van der Waals surface area (Å²) in [5.74, 6) is -0.498. The Balaban J connectivity index is 2.36. The summed E-state index contributed by atoms with van der Waals surface area (Å²) in [6, 6.07) is 6.08. The Morgan fingerprint density at radius 2 is 1.81 bits per heavy atom. The van der Waals surface area contributed by atoms with Gasteiger partial charge in [-0.25, -0.2) is 0 Å². The van der Waals surface area contributed by atoms with Crippen molar-refractivity contribution < 1.29 is 19.8 Å². The minimum Gasteiger partial charge on any atom is -0.508 e. The standard InChI is InChI=1S/C16H23NO4/c1-2-3-12(4-9-15(19)20)10-11-17-16(21)13-5-7-14(18)8-6-13/h5-8,12,18H,2-4,9-11H2,1H3,(H,17,21)(H,19,20). The highest BCUT2D eigenvalue weighted by Gasteiger charge is 2.11. The van der Waals surface area contributed by atoms with Crippen LogP contribution in [0.25, 0.3) is 0 Å². The molecule has 1 aromatic rings. The molecule has 0 radical (unpaired) electrons. The number of hydrogen-bond acceptors (Lipinski definition) is 3. The molecule has 1 atom stereocenters. The van der Waals surface area contributed by atoms with Gasteiger partial charge in [-0.15, -0.1) is 0 Å². The van der Waals surface area contributed by atoms with Gasteiger partial charge in [0, 0.05) is 18.5 Å². The van der Waals surface area contributed by atoms with Crippen LogP contribution < -0.4 is 5.32 Å². The summed E-state index contributed by atoms with van der Waals surface area (Å²) < 4.78 is 0. The summed E-state index contributed by atoms with van der Waals surface area (Å²) in [5.41, 5.74) is 0.505. The van der Waals surface area contributed by atoms with Gasteiger partial charge in [-0.1, -0.05) is 19.8 Å². The first-order valence-corrected chi connectivity index (χ1v) is 7.32. The molecule has 0 saturated heterocycles. The Labute approximate surface area is 125 Å². The summed E-state index contributed by atoms with van der Waals surface area (Å²) in [6.07, 6.45) is 3.60. The number of phenols is 1. The first-order valence-electron chi connectivity index (χ1n) is 7.32. The number of amides is 1. The number of hydrogen-bond donors (Lipinski definition) is 3. The van der Waals surface area contributed by atoms with E-state index in [0.717, 1.165) is 19.3 Å². The fourth-order valence-corrected chi connectivity index (χ4v) is 2.27. The van der Waals surface area contributed by atoms with Crippen molar-refractivity contribution in [2.24, 2.45) is 5.92 Å². The van der Waals surface area contributed by atoms with Crippen LogP contribution in [0.2, 0.25) is 0 Å². The lowest BCUT2D eigenvalue weighted by atomic mass is 9.94. The molecule has 1 amide bonds. The van der Waals surface area contributed by atoms with Crippen molar-refractivity contribution in [3.8, 4) is 5.75 Å². The Bertz CT molecular complexity index is 456. The van der Waals surface area contributed by atoms with Crippen LogP contribution in [0.4, 0.5) is 0 Å². The topological polar surface area (TPSA) is 86.6 Å². The zero-order chi connectivity index (χ0) is 15.7. The quantitative estimate of drug-likeness (QED) is 0.653. The van der Waals surface area contributed by atoms with Gasteiger partial charge < -0.3 is 15.5 Å². The molecule has 1 aromatic carbocycles. The molecule has 0 aliphatic rings. The van der Waals surface area contributed by atoms with Gasteiger partial charge in [0.25, 0.3) is 5.91 Å². The second-order valence-electron chi connectivity index (χ2n) is 5.18. The van der Waals surface area contributed by atoms with E-state index in [1.54, 1.807) is 12.1 Å². The van der Waals surface area contributed by atoms with Crippen molar-refractivity contribution in [3.63, 3.8) is 0 Å². The largest absolute Gasteiger partial charge is 0.508 e. The molecule has 0 aromatic heterocycles. The molecule has 0 bridgehead atoms. The van der Waals surface area contributed by atoms with Crippen molar-refractivity contribution in [1.82, 2.24) is 5.32 Å². The summed E-state index contributed by atoms with van der Waals surface area (Å²) in [4.78, 5) is 22.5. The summed E-state index contributed by atoms with van der Waals surface area (Å²) in [6.45, 7) is 2.60. The van der Waals surface area contributed by atoms with E-state index in [4.69, 9.17) is 5.11 Å². The van der Waals surface area contributed by atoms with Crippen molar-refractivity contribution in [2.45, 2.75) is 39.0 Å². The molecular weight excluding hydrogens is 270 g/mol. The normalized spacial score (nSPS) is 11.9. The Hall–Kier alpha value is -2.04. The maximum absolute atomic E-state index is 11.9. The van der Waals surface area contributed by atoms with Gasteiger partial charge >= 0.3 is 5.97 Å². The minimum atomic E-state index is -0.774. The van der Waals surface area contributed by atoms with Crippen LogP contribution in [0, 0.1) is 5.92 Å². The molecule has 3 N–H and O–H groups in total. The Kier molecular flexibility index (Phi) is 7.29.